The highest BCUT2D eigenvalue weighted by atomic mass is 31.3. The molecule has 0 spiro atoms. The highest BCUT2D eigenvalue weighted by Crippen LogP contribution is 2.65. The summed E-state index contributed by atoms with van der Waals surface area (Å²) in [5.41, 5.74) is 17.0. The van der Waals surface area contributed by atoms with Crippen molar-refractivity contribution in [3.8, 4) is 23.0 Å². The zero-order valence-electron chi connectivity index (χ0n) is 72.3. The number of hydrogen-bond donors (Lipinski definition) is 16. The summed E-state index contributed by atoms with van der Waals surface area (Å²) in [6.07, 6.45) is -14.1. The number of benzene rings is 2. The predicted molar refractivity (Wildman–Crippen MR) is 448 cm³/mol. The Bertz CT molecular complexity index is 7290. The lowest BCUT2D eigenvalue weighted by Gasteiger charge is -2.33. The maximum absolute atomic E-state index is 12.1. The van der Waals surface area contributed by atoms with Gasteiger partial charge in [0, 0.05) is 36.7 Å². The predicted octanol–water partition coefficient (Wildman–Crippen LogP) is -8.36. The Labute approximate surface area is 816 Å². The number of phosphoric acid groups is 11. The molecule has 0 aliphatic carbocycles. The van der Waals surface area contributed by atoms with Crippen LogP contribution in [0.1, 0.15) is 30.5 Å². The van der Waals surface area contributed by atoms with Gasteiger partial charge in [-0.3, -0.25) is 78.1 Å². The number of rotatable bonds is 40. The van der Waals surface area contributed by atoms with E-state index in [1.54, 1.807) is 10.6 Å². The van der Waals surface area contributed by atoms with Gasteiger partial charge < -0.3 is 177 Å². The fourth-order valence-corrected chi connectivity index (χ4v) is 23.4. The van der Waals surface area contributed by atoms with Crippen LogP contribution in [0.15, 0.2) is 102 Å². The highest BCUT2D eigenvalue weighted by molar-refractivity contribution is 7.66. The van der Waals surface area contributed by atoms with E-state index in [9.17, 15) is 154 Å². The van der Waals surface area contributed by atoms with E-state index in [0.29, 0.717) is 11.2 Å². The number of anilines is 3. The standard InChI is InChI=1S/C16H19N8O16P3.C16H18N8O13P2.C12H16N5O13P3.C10H16N5O13P3.FH.H3P/c17-14-10-15(20-4-19-14)24(5-21-10)16-11(25)13(37-12-7(23-27)1-6(22-26)2-8(12)38-18)9(36-16)3-35-42(31,32)40-43(33,34)39-41(28,29)30;17-14-10-15(20-4-19-14)24(5-21-10)16-11(25)13(9(34-16)3-33-39(31,32)37-38(28,29)30)35-12-7(23-27)1-6(22-26)2-8(12)36-18;18-8-6(3-27-32(23,24)30-33(25,26)29-31(20,21)22)28-12(9(8)19)17-5-14-7-10-13-1-2-16(10)4-15-11(7)17;11-10-6-4(12-2-13-10)5(14-15-6)9-8(17)7(16)3(26-9)1-25-30(21,22)28-31(23,24)27-29(18,19)20;;/h1-2,4-5,9,11,13,16,25H,3,18H2,(H,31,32)(H,33,34)(H2,17,19,20)(H2,28,29,30);1-2,4-5,9,11,13,16,25H,3,18H2,(H,31,32)(H2,17,19,20)(H2,28,29,30);1-2,4-6,8-9,12,18-19H,3H2,(H,23,24)(H,25,26)(H2,20,21,22);2-3,7-9,16-17H,1H2,(H,14,15)(H,21,22)(H,23,24)(H2,11,12,13)(H2,18,19,20);1H;1H3/p-11/t2*9-,11+,13?,16-;6-,8?,9+,12-;3-,7?,8+,9+;;/m1111../s1/i/hT. The molecule has 16 unspecified atom stereocenters. The minimum atomic E-state index is -6.24. The van der Waals surface area contributed by atoms with E-state index in [-0.39, 0.29) is 83.4 Å². The first-order valence-electron chi connectivity index (χ1n) is 38.1. The Morgan fingerprint density at radius 3 is 1.13 bits per heavy atom. The van der Waals surface area contributed by atoms with E-state index in [1.165, 1.54) is 34.3 Å². The second kappa shape index (κ2) is 47.4. The van der Waals surface area contributed by atoms with E-state index in [1.807, 2.05) is 0 Å². The fourth-order valence-electron chi connectivity index (χ4n) is 13.1. The number of nitrogens with two attached hydrogens (primary N) is 5. The van der Waals surface area contributed by atoms with Crippen molar-refractivity contribution in [3.63, 3.8) is 0 Å². The van der Waals surface area contributed by atoms with Crippen molar-refractivity contribution in [1.29, 1.82) is 1.45 Å². The monoisotopic (exact) mass is 2350 g/mol. The number of hydrogen-bond acceptors (Lipinski definition) is 72. The molecule has 81 nitrogen and oxygen atoms in total. The normalized spacial score (nSPS) is 26.3. The van der Waals surface area contributed by atoms with Gasteiger partial charge in [-0.1, -0.05) is 0 Å². The lowest BCUT2D eigenvalue weighted by molar-refractivity contribution is -0.254. The van der Waals surface area contributed by atoms with Crippen LogP contribution < -0.4 is 102 Å². The van der Waals surface area contributed by atoms with Gasteiger partial charge in [0.2, 0.25) is 0 Å². The van der Waals surface area contributed by atoms with Crippen molar-refractivity contribution in [2.75, 3.05) is 43.6 Å². The van der Waals surface area contributed by atoms with Crippen molar-refractivity contribution in [2.45, 2.75) is 98.0 Å². The van der Waals surface area contributed by atoms with Crippen molar-refractivity contribution >= 4 is 186 Å². The molecule has 816 valence electrons. The molecule has 15 rings (SSSR count). The molecule has 9 aromatic heterocycles. The molecule has 94 heteroatoms. The average molecular weight is 2350 g/mol. The molecule has 21 N–H and O–H groups in total. The minimum absolute atomic E-state index is 0. The summed E-state index contributed by atoms with van der Waals surface area (Å²) in [4.78, 5) is 255. The summed E-state index contributed by atoms with van der Waals surface area (Å²) in [6, 6.07) is 3.65. The molecule has 148 heavy (non-hydrogen) atoms. The number of H-pyrrole nitrogens is 1. The maximum Gasteiger partial charge on any atom is 0.280 e. The van der Waals surface area contributed by atoms with Crippen LogP contribution in [0.4, 0.5) is 44.9 Å². The van der Waals surface area contributed by atoms with Crippen LogP contribution in [0, 0.1) is 19.6 Å². The largest absolute Gasteiger partial charge is 0.756 e. The van der Waals surface area contributed by atoms with Crippen molar-refractivity contribution in [3.05, 3.63) is 106 Å². The summed E-state index contributed by atoms with van der Waals surface area (Å²) < 4.78 is 216. The number of nitroso groups, excluding NO2 is 4. The number of nitrogen functional groups attached to an aromatic ring is 3. The average Bonchev–Trinajstić information content (AvgIpc) is 1.56. The summed E-state index contributed by atoms with van der Waals surface area (Å²) in [7, 11) is -65.2. The number of nitrogens with zero attached hydrogens (tertiary/aromatic N) is 20. The summed E-state index contributed by atoms with van der Waals surface area (Å²) in [6.45, 7) is -4.38. The van der Waals surface area contributed by atoms with Crippen LogP contribution in [0.3, 0.4) is 0 Å². The third kappa shape index (κ3) is 29.9. The molecule has 0 saturated carbocycles. The Kier molecular flexibility index (Phi) is 38.1. The summed E-state index contributed by atoms with van der Waals surface area (Å²) >= 11 is 0. The SMILES string of the molecule is NOc1cc(N=O)cc(N=O)c1OC1[C@@H](COP(=O)([O-])OP(=O)([O-])O)O[C@@H](n2cnc3c(N)ncnc32)[C@H]1O.NOc1cc(N=O)cc(N=O)c1OC1[C@@H](COP(=O)([O-])OP(=O)([O-])OP(=O)([O-])O)O[C@@H](n2cnc3c(N)ncnc32)[C@H]1O.Nc1ncnc2c([C@@H]3O[C@H](COP(=O)([O-])OP(=O)([O-])OP(=O)([O-])O)C(O)[C@@H]3O)[nH]nc12.O=P([O-])(O)OP(=O)([O-])OP(=O)([O-])OC[C@H]1O[C@@H](n2cnc3c2ncn2ccnc32)[C@@H](O)C1O.P.[3H]F. The topological polar surface area (TPSA) is 1260 Å². The molecule has 0 radical (unpaired) electrons. The van der Waals surface area contributed by atoms with E-state index >= 15 is 0 Å². The number of nitrogens with one attached hydrogen (secondary N) is 1. The van der Waals surface area contributed by atoms with Gasteiger partial charge in [0.15, 0.2) is 116 Å². The van der Waals surface area contributed by atoms with E-state index < -0.39 is 245 Å². The van der Waals surface area contributed by atoms with Crippen LogP contribution in [0.5, 0.6) is 23.0 Å². The number of imidazole rings is 4. The number of aliphatic hydroxyl groups excluding tert-OH is 6. The third-order valence-electron chi connectivity index (χ3n) is 18.8. The zero-order valence-corrected chi connectivity index (χ0v) is 82.5. The third-order valence-corrected chi connectivity index (χ3v) is 31.9. The first-order valence-corrected chi connectivity index (χ1v) is 53.9. The van der Waals surface area contributed by atoms with Crippen molar-refractivity contribution < 1.29 is 245 Å². The van der Waals surface area contributed by atoms with Crippen LogP contribution in [-0.4, -0.2) is 234 Å². The number of aromatic amines is 1. The zero-order chi connectivity index (χ0) is 110. The second-order valence-electron chi connectivity index (χ2n) is 28.3. The molecule has 4 aliphatic heterocycles. The molecule has 13 heterocycles. The minimum Gasteiger partial charge on any atom is -0.756 e. The Morgan fingerprint density at radius 2 is 0.736 bits per heavy atom. The second-order valence-corrected chi connectivity index (χ2v) is 43.9. The number of aromatic nitrogens is 17. The van der Waals surface area contributed by atoms with Gasteiger partial charge in [-0.15, -0.1) is 19.6 Å². The molecule has 11 aromatic rings. The lowest BCUT2D eigenvalue weighted by Crippen LogP contribution is -2.39. The van der Waals surface area contributed by atoms with Crippen LogP contribution in [0.25, 0.3) is 50.2 Å². The Morgan fingerprint density at radius 1 is 0.392 bits per heavy atom. The van der Waals surface area contributed by atoms with Crippen molar-refractivity contribution in [1.82, 2.24) is 83.1 Å². The Hall–Kier alpha value is -9.45. The molecule has 4 saturated heterocycles. The highest BCUT2D eigenvalue weighted by Gasteiger charge is 2.52. The van der Waals surface area contributed by atoms with E-state index in [4.69, 9.17) is 81.7 Å². The number of ether oxygens (including phenoxy) is 6. The van der Waals surface area contributed by atoms with Gasteiger partial charge in [0.1, 0.15) is 120 Å². The number of halogens is 1. The molecule has 28 atom stereocenters. The molecular formula is C54H62FN26O55P12-11. The van der Waals surface area contributed by atoms with E-state index in [2.05, 4.69) is 145 Å². The first kappa shape index (κ1) is 119. The summed E-state index contributed by atoms with van der Waals surface area (Å²) in [5, 5.41) is 80.3. The molecular weight excluding hydrogens is 2280 g/mol. The van der Waals surface area contributed by atoms with Gasteiger partial charge >= 0.3 is 0 Å². The maximum atomic E-state index is 12.1. The number of aliphatic hydroxyl groups is 6. The van der Waals surface area contributed by atoms with E-state index in [0.717, 1.165) is 54.1 Å². The van der Waals surface area contributed by atoms with Gasteiger partial charge in [0.25, 0.3) is 87.5 Å². The number of fused-ring (bicyclic) bond motifs is 6. The molecule has 0 amide bonds. The quantitative estimate of drug-likeness (QED) is 0.00963. The van der Waals surface area contributed by atoms with Crippen LogP contribution >= 0.6 is 95.9 Å². The molecule has 2 aromatic carbocycles. The summed E-state index contributed by atoms with van der Waals surface area (Å²) in [5.74, 6) is 8.31. The molecule has 4 aliphatic rings. The first-order chi connectivity index (χ1) is 68.9. The Balaban J connectivity index is 0.000000203. The van der Waals surface area contributed by atoms with Crippen LogP contribution in [-0.2, 0) is 117 Å². The fraction of sp³-hybridized carbons (Fsp3) is 0.370. The van der Waals surface area contributed by atoms with Crippen molar-refractivity contribution in [2.24, 2.45) is 32.5 Å². The van der Waals surface area contributed by atoms with Gasteiger partial charge in [-0.2, -0.15) is 26.8 Å². The molecule has 4 fully saturated rings. The number of phosphoric ester groups is 4. The van der Waals surface area contributed by atoms with Gasteiger partial charge in [-0.25, -0.2) is 85.0 Å². The van der Waals surface area contributed by atoms with Gasteiger partial charge in [0.05, 0.1) is 51.1 Å². The smallest absolute Gasteiger partial charge is 0.280 e. The van der Waals surface area contributed by atoms with Gasteiger partial charge in [-0.05, 0) is 20.7 Å². The van der Waals surface area contributed by atoms with Crippen LogP contribution in [0.2, 0.25) is 0 Å². The molecule has 0 bridgehead atoms. The lowest BCUT2D eigenvalue weighted by atomic mass is 10.1.